The normalized spacial score (nSPS) is 24.5. The smallest absolute Gasteiger partial charge is 0.272 e. The van der Waals surface area contributed by atoms with Gasteiger partial charge < -0.3 is 14.9 Å². The van der Waals surface area contributed by atoms with Gasteiger partial charge in [0.2, 0.25) is 5.91 Å². The van der Waals surface area contributed by atoms with Gasteiger partial charge in [0.05, 0.1) is 12.1 Å². The van der Waals surface area contributed by atoms with Crippen LogP contribution in [-0.2, 0) is 4.79 Å². The number of carbonyl (C=O) groups is 2. The molecule has 0 bridgehead atoms. The van der Waals surface area contributed by atoms with E-state index in [1.54, 1.807) is 6.07 Å². The van der Waals surface area contributed by atoms with E-state index >= 15 is 0 Å². The molecule has 3 aliphatic heterocycles. The number of nitrogens with zero attached hydrogens (tertiary/aromatic N) is 4. The summed E-state index contributed by atoms with van der Waals surface area (Å²) in [6, 6.07) is 3.52. The SMILES string of the molecule is O=C(c1ccc(O)cn1)N1CCC(N2CCC[C@@H](C(=O)N3CCCC3)C2)CC1. The van der Waals surface area contributed by atoms with Crippen molar-refractivity contribution in [1.29, 1.82) is 0 Å². The van der Waals surface area contributed by atoms with Crippen LogP contribution in [0.1, 0.15) is 49.0 Å². The average molecular weight is 386 g/mol. The van der Waals surface area contributed by atoms with Gasteiger partial charge in [-0.15, -0.1) is 0 Å². The Hall–Kier alpha value is -2.15. The highest BCUT2D eigenvalue weighted by atomic mass is 16.3. The minimum absolute atomic E-state index is 0.0680. The monoisotopic (exact) mass is 386 g/mol. The van der Waals surface area contributed by atoms with Crippen LogP contribution in [0.4, 0.5) is 0 Å². The minimum atomic E-state index is -0.0702. The van der Waals surface area contributed by atoms with Crippen LogP contribution >= 0.6 is 0 Å². The molecule has 1 aromatic rings. The van der Waals surface area contributed by atoms with Gasteiger partial charge in [-0.05, 0) is 57.2 Å². The molecule has 3 fully saturated rings. The van der Waals surface area contributed by atoms with E-state index in [4.69, 9.17) is 0 Å². The summed E-state index contributed by atoms with van der Waals surface area (Å²) in [5, 5.41) is 9.34. The zero-order valence-electron chi connectivity index (χ0n) is 16.4. The molecule has 1 atom stereocenters. The van der Waals surface area contributed by atoms with Crippen molar-refractivity contribution in [1.82, 2.24) is 19.7 Å². The first-order chi connectivity index (χ1) is 13.6. The maximum absolute atomic E-state index is 12.8. The zero-order valence-corrected chi connectivity index (χ0v) is 16.4. The summed E-state index contributed by atoms with van der Waals surface area (Å²) in [5.41, 5.74) is 0.380. The number of likely N-dealkylation sites (tertiary alicyclic amines) is 3. The fourth-order valence-corrected chi connectivity index (χ4v) is 4.84. The fourth-order valence-electron chi connectivity index (χ4n) is 4.84. The highest BCUT2D eigenvalue weighted by Crippen LogP contribution is 2.26. The molecule has 4 heterocycles. The van der Waals surface area contributed by atoms with E-state index in [-0.39, 0.29) is 17.6 Å². The number of aromatic hydroxyl groups is 1. The Labute approximate surface area is 166 Å². The van der Waals surface area contributed by atoms with E-state index in [9.17, 15) is 14.7 Å². The number of piperidine rings is 2. The lowest BCUT2D eigenvalue weighted by atomic mass is 9.93. The second-order valence-corrected chi connectivity index (χ2v) is 8.29. The third-order valence-corrected chi connectivity index (χ3v) is 6.45. The van der Waals surface area contributed by atoms with E-state index in [2.05, 4.69) is 14.8 Å². The highest BCUT2D eigenvalue weighted by molar-refractivity contribution is 5.92. The highest BCUT2D eigenvalue weighted by Gasteiger charge is 2.34. The molecular formula is C21H30N4O3. The second-order valence-electron chi connectivity index (χ2n) is 8.29. The summed E-state index contributed by atoms with van der Waals surface area (Å²) in [7, 11) is 0. The van der Waals surface area contributed by atoms with Crippen molar-refractivity contribution in [2.75, 3.05) is 39.3 Å². The van der Waals surface area contributed by atoms with Crippen LogP contribution in [0.5, 0.6) is 5.75 Å². The lowest BCUT2D eigenvalue weighted by Crippen LogP contribution is -2.51. The van der Waals surface area contributed by atoms with Crippen LogP contribution in [-0.4, -0.2) is 81.9 Å². The van der Waals surface area contributed by atoms with Crippen molar-refractivity contribution < 1.29 is 14.7 Å². The Morgan fingerprint density at radius 3 is 2.36 bits per heavy atom. The largest absolute Gasteiger partial charge is 0.506 e. The van der Waals surface area contributed by atoms with Crippen molar-refractivity contribution in [2.45, 2.75) is 44.6 Å². The number of rotatable bonds is 3. The summed E-state index contributed by atoms with van der Waals surface area (Å²) >= 11 is 0. The van der Waals surface area contributed by atoms with Crippen LogP contribution in [0.2, 0.25) is 0 Å². The fraction of sp³-hybridized carbons (Fsp3) is 0.667. The predicted molar refractivity (Wildman–Crippen MR) is 105 cm³/mol. The molecule has 152 valence electrons. The number of carbonyl (C=O) groups excluding carboxylic acids is 2. The van der Waals surface area contributed by atoms with Gasteiger partial charge in [0, 0.05) is 38.8 Å². The number of hydrogen-bond acceptors (Lipinski definition) is 5. The van der Waals surface area contributed by atoms with Gasteiger partial charge in [0.25, 0.3) is 5.91 Å². The molecule has 0 aliphatic carbocycles. The van der Waals surface area contributed by atoms with Crippen LogP contribution in [0.15, 0.2) is 18.3 Å². The van der Waals surface area contributed by atoms with Gasteiger partial charge >= 0.3 is 0 Å². The molecule has 0 saturated carbocycles. The van der Waals surface area contributed by atoms with Crippen molar-refractivity contribution in [3.63, 3.8) is 0 Å². The molecule has 0 aromatic carbocycles. The van der Waals surface area contributed by atoms with Gasteiger partial charge in [0.1, 0.15) is 11.4 Å². The lowest BCUT2D eigenvalue weighted by Gasteiger charge is -2.42. The van der Waals surface area contributed by atoms with Gasteiger partial charge in [-0.1, -0.05) is 0 Å². The number of pyridine rings is 1. The van der Waals surface area contributed by atoms with E-state index in [0.29, 0.717) is 30.7 Å². The molecule has 3 aliphatic rings. The first-order valence-electron chi connectivity index (χ1n) is 10.6. The molecule has 2 amide bonds. The third kappa shape index (κ3) is 4.14. The van der Waals surface area contributed by atoms with Gasteiger partial charge in [-0.3, -0.25) is 14.5 Å². The summed E-state index contributed by atoms with van der Waals surface area (Å²) in [5.74, 6) is 0.499. The molecule has 7 heteroatoms. The summed E-state index contributed by atoms with van der Waals surface area (Å²) in [4.78, 5) is 35.8. The van der Waals surface area contributed by atoms with Crippen LogP contribution < -0.4 is 0 Å². The number of amides is 2. The Morgan fingerprint density at radius 1 is 0.929 bits per heavy atom. The number of hydrogen-bond donors (Lipinski definition) is 1. The summed E-state index contributed by atoms with van der Waals surface area (Å²) in [6.07, 6.45) is 7.57. The van der Waals surface area contributed by atoms with Gasteiger partial charge in [-0.25, -0.2) is 4.98 Å². The lowest BCUT2D eigenvalue weighted by molar-refractivity contribution is -0.136. The van der Waals surface area contributed by atoms with Crippen LogP contribution in [0, 0.1) is 5.92 Å². The Bertz CT molecular complexity index is 694. The molecule has 1 aromatic heterocycles. The maximum atomic E-state index is 12.8. The maximum Gasteiger partial charge on any atom is 0.272 e. The Balaban J connectivity index is 1.30. The van der Waals surface area contributed by atoms with E-state index < -0.39 is 0 Å². The first kappa shape index (κ1) is 19.2. The van der Waals surface area contributed by atoms with Crippen LogP contribution in [0.25, 0.3) is 0 Å². The number of aromatic nitrogens is 1. The average Bonchev–Trinajstić information content (AvgIpc) is 3.28. The van der Waals surface area contributed by atoms with Crippen molar-refractivity contribution in [3.05, 3.63) is 24.0 Å². The predicted octanol–water partition coefficient (Wildman–Crippen LogP) is 1.73. The van der Waals surface area contributed by atoms with Crippen molar-refractivity contribution >= 4 is 11.8 Å². The van der Waals surface area contributed by atoms with Gasteiger partial charge in [0.15, 0.2) is 0 Å². The second kappa shape index (κ2) is 8.47. The Morgan fingerprint density at radius 2 is 1.68 bits per heavy atom. The molecule has 0 unspecified atom stereocenters. The third-order valence-electron chi connectivity index (χ3n) is 6.45. The molecule has 0 radical (unpaired) electrons. The first-order valence-corrected chi connectivity index (χ1v) is 10.6. The standard InChI is InChI=1S/C21H30N4O3/c26-18-5-6-19(22-14-18)21(28)24-12-7-17(8-13-24)25-11-3-4-16(15-25)20(27)23-9-1-2-10-23/h5-6,14,16-17,26H,1-4,7-13,15H2/t16-/m1/s1. The Kier molecular flexibility index (Phi) is 5.80. The summed E-state index contributed by atoms with van der Waals surface area (Å²) < 4.78 is 0. The molecule has 1 N–H and O–H groups in total. The quantitative estimate of drug-likeness (QED) is 0.856. The molecule has 7 nitrogen and oxygen atoms in total. The molecule has 0 spiro atoms. The minimum Gasteiger partial charge on any atom is -0.506 e. The molecular weight excluding hydrogens is 356 g/mol. The topological polar surface area (TPSA) is 77.0 Å². The molecule has 3 saturated heterocycles. The summed E-state index contributed by atoms with van der Waals surface area (Å²) in [6.45, 7) is 5.22. The van der Waals surface area contributed by atoms with Crippen molar-refractivity contribution in [2.24, 2.45) is 5.92 Å². The van der Waals surface area contributed by atoms with E-state index in [1.807, 2.05) is 4.90 Å². The van der Waals surface area contributed by atoms with Crippen molar-refractivity contribution in [3.8, 4) is 5.75 Å². The van der Waals surface area contributed by atoms with E-state index in [0.717, 1.165) is 64.7 Å². The molecule has 28 heavy (non-hydrogen) atoms. The van der Waals surface area contributed by atoms with E-state index in [1.165, 1.54) is 12.3 Å². The molecule has 4 rings (SSSR count). The van der Waals surface area contributed by atoms with Crippen LogP contribution in [0.3, 0.4) is 0 Å². The zero-order chi connectivity index (χ0) is 19.5. The van der Waals surface area contributed by atoms with Gasteiger partial charge in [-0.2, -0.15) is 0 Å².